The molecule has 17 heteroatoms. The lowest BCUT2D eigenvalue weighted by Gasteiger charge is -2.50. The first-order chi connectivity index (χ1) is 19.0. The van der Waals surface area contributed by atoms with Crippen molar-refractivity contribution in [2.24, 2.45) is 5.16 Å². The molecule has 2 amide bonds. The molecular formula is C23H23N7O7S3. The third-order valence-corrected chi connectivity index (χ3v) is 9.56. The summed E-state index contributed by atoms with van der Waals surface area (Å²) in [4.78, 5) is 61.7. The third kappa shape index (κ3) is 4.90. The number of hydrogen-bond acceptors (Lipinski definition) is 12. The Hall–Kier alpha value is -3.96. The van der Waals surface area contributed by atoms with Gasteiger partial charge in [-0.15, -0.1) is 23.1 Å². The number of nitrogens with two attached hydrogens (primary N) is 1. The Kier molecular flexibility index (Phi) is 7.28. The quantitative estimate of drug-likeness (QED) is 0.121. The normalized spacial score (nSPS) is 19.8. The van der Waals surface area contributed by atoms with E-state index in [0.717, 1.165) is 26.8 Å². The van der Waals surface area contributed by atoms with Gasteiger partial charge in [-0.05, 0) is 20.8 Å². The van der Waals surface area contributed by atoms with Crippen molar-refractivity contribution >= 4 is 73.9 Å². The fraction of sp³-hybridized carbons (Fsp3) is 0.348. The van der Waals surface area contributed by atoms with E-state index in [1.807, 2.05) is 35.3 Å². The summed E-state index contributed by atoms with van der Waals surface area (Å²) in [6.07, 6.45) is 2.44. The van der Waals surface area contributed by atoms with E-state index in [1.165, 1.54) is 28.9 Å². The number of aliphatic carboxylic acids is 2. The molecule has 3 aromatic heterocycles. The highest BCUT2D eigenvalue weighted by molar-refractivity contribution is 8.00. The van der Waals surface area contributed by atoms with Gasteiger partial charge in [0.1, 0.15) is 35.5 Å². The van der Waals surface area contributed by atoms with Gasteiger partial charge in [0.2, 0.25) is 17.3 Å². The number of oxime groups is 1. The number of carboxylic acids is 2. The number of thioether (sulfide) groups is 1. The van der Waals surface area contributed by atoms with E-state index in [9.17, 15) is 24.3 Å². The van der Waals surface area contributed by atoms with E-state index in [2.05, 4.69) is 15.5 Å². The largest absolute Gasteiger partial charge is 0.543 e. The van der Waals surface area contributed by atoms with E-state index in [1.54, 1.807) is 11.3 Å². The highest BCUT2D eigenvalue weighted by Crippen LogP contribution is 2.40. The first kappa shape index (κ1) is 27.6. The lowest BCUT2D eigenvalue weighted by Crippen LogP contribution is -2.71. The van der Waals surface area contributed by atoms with E-state index >= 15 is 0 Å². The predicted octanol–water partition coefficient (Wildman–Crippen LogP) is -0.758. The third-order valence-electron chi connectivity index (χ3n) is 6.44. The number of β-lactam (4-membered cyclic amide) rings is 1. The second kappa shape index (κ2) is 10.5. The lowest BCUT2D eigenvalue weighted by molar-refractivity contribution is -0.687. The molecule has 0 unspecified atom stereocenters. The van der Waals surface area contributed by atoms with Crippen LogP contribution in [0.5, 0.6) is 0 Å². The minimum Gasteiger partial charge on any atom is -0.543 e. The maximum Gasteiger partial charge on any atom is 0.347 e. The molecule has 0 bridgehead atoms. The molecule has 0 saturated carbocycles. The minimum atomic E-state index is -1.48. The lowest BCUT2D eigenvalue weighted by atomic mass is 10.0. The number of carboxylic acid groups (broad SMARTS) is 2. The number of imidazole rings is 1. The Bertz CT molecular complexity index is 1620. The average Bonchev–Trinajstić information content (AvgIpc) is 3.58. The van der Waals surface area contributed by atoms with Crippen LogP contribution in [0.2, 0.25) is 0 Å². The van der Waals surface area contributed by atoms with E-state index in [-0.39, 0.29) is 28.8 Å². The smallest absolute Gasteiger partial charge is 0.347 e. The van der Waals surface area contributed by atoms with Crippen LogP contribution in [0.3, 0.4) is 0 Å². The molecule has 2 aliphatic rings. The fourth-order valence-corrected chi connectivity index (χ4v) is 7.17. The maximum absolute atomic E-state index is 13.1. The number of aryl methyl sites for hydroxylation is 2. The molecule has 40 heavy (non-hydrogen) atoms. The van der Waals surface area contributed by atoms with Gasteiger partial charge in [0.15, 0.2) is 10.8 Å². The molecule has 210 valence electrons. The highest BCUT2D eigenvalue weighted by atomic mass is 32.2. The molecule has 5 heterocycles. The van der Waals surface area contributed by atoms with Crippen LogP contribution in [0.15, 0.2) is 34.3 Å². The molecule has 2 aliphatic heterocycles. The molecule has 0 radical (unpaired) electrons. The molecule has 14 nitrogen and oxygen atoms in total. The molecular weight excluding hydrogens is 582 g/mol. The Morgan fingerprint density at radius 1 is 1.40 bits per heavy atom. The Balaban J connectivity index is 1.35. The van der Waals surface area contributed by atoms with E-state index < -0.39 is 41.3 Å². The molecule has 5 rings (SSSR count). The zero-order chi connectivity index (χ0) is 28.9. The van der Waals surface area contributed by atoms with Crippen LogP contribution in [0.25, 0.3) is 4.83 Å². The second-order valence-electron chi connectivity index (χ2n) is 9.07. The van der Waals surface area contributed by atoms with Gasteiger partial charge in [0.05, 0.1) is 11.7 Å². The standard InChI is InChI=1S/C23H23N7O7S3/c1-9-11(3)40-14-5-28(8-29(9)14)4-12-6-38-20-16(19(32)30(20)17(12)22(35)36)26-18(31)15(13-7-39-23(24)25-13)27-37-10(2)21(33)34/h5,7-8,10,16,20H,4,6H2,1-3H3,(H4-,24,25,26,31,33,34,35,36)/b27-15-/t10-,16+,20+/m0/s1. The number of nitrogens with one attached hydrogen (secondary N) is 1. The molecule has 4 N–H and O–H groups in total. The van der Waals surface area contributed by atoms with E-state index in [4.69, 9.17) is 15.7 Å². The summed E-state index contributed by atoms with van der Waals surface area (Å²) in [5, 5.41) is 28.3. The maximum atomic E-state index is 13.1. The van der Waals surface area contributed by atoms with Gasteiger partial charge in [0, 0.05) is 21.6 Å². The number of carbonyl (C=O) groups excluding carboxylic acids is 3. The molecule has 1 fully saturated rings. The van der Waals surface area contributed by atoms with Crippen LogP contribution in [0.4, 0.5) is 5.13 Å². The number of nitrogens with zero attached hydrogens (tertiary/aromatic N) is 5. The number of rotatable bonds is 9. The topological polar surface area (TPSA) is 196 Å². The fourth-order valence-electron chi connectivity index (χ4n) is 4.26. The number of carbonyl (C=O) groups is 4. The van der Waals surface area contributed by atoms with Crippen molar-refractivity contribution < 1.29 is 38.8 Å². The summed E-state index contributed by atoms with van der Waals surface area (Å²) < 4.78 is 3.88. The zero-order valence-corrected chi connectivity index (χ0v) is 23.8. The molecule has 0 spiro atoms. The molecule has 0 aliphatic carbocycles. The first-order valence-electron chi connectivity index (χ1n) is 11.8. The van der Waals surface area contributed by atoms with Crippen molar-refractivity contribution in [1.82, 2.24) is 19.6 Å². The molecule has 0 aromatic carbocycles. The number of nitrogen functional groups attached to an aromatic ring is 1. The average molecular weight is 606 g/mol. The number of fused-ring (bicyclic) bond motifs is 2. The van der Waals surface area contributed by atoms with Gasteiger partial charge in [-0.1, -0.05) is 16.5 Å². The summed E-state index contributed by atoms with van der Waals surface area (Å²) in [5.74, 6) is -3.98. The van der Waals surface area contributed by atoms with Gasteiger partial charge in [0.25, 0.3) is 11.8 Å². The van der Waals surface area contributed by atoms with Crippen molar-refractivity contribution in [3.05, 3.63) is 45.4 Å². The molecule has 3 atom stereocenters. The number of hydrogen-bond donors (Lipinski definition) is 3. The van der Waals surface area contributed by atoms with Gasteiger partial charge >= 0.3 is 5.97 Å². The van der Waals surface area contributed by atoms with Crippen molar-refractivity contribution in [1.29, 1.82) is 0 Å². The Morgan fingerprint density at radius 2 is 2.15 bits per heavy atom. The van der Waals surface area contributed by atoms with Crippen LogP contribution in [-0.4, -0.2) is 72.1 Å². The molecule has 3 aromatic rings. The van der Waals surface area contributed by atoms with Crippen molar-refractivity contribution in [3.8, 4) is 0 Å². The van der Waals surface area contributed by atoms with Gasteiger partial charge < -0.3 is 30.9 Å². The van der Waals surface area contributed by atoms with Gasteiger partial charge in [-0.25, -0.2) is 14.3 Å². The van der Waals surface area contributed by atoms with Crippen molar-refractivity contribution in [3.63, 3.8) is 0 Å². The summed E-state index contributed by atoms with van der Waals surface area (Å²) in [5.41, 5.74) is 6.71. The van der Waals surface area contributed by atoms with E-state index in [0.29, 0.717) is 11.3 Å². The van der Waals surface area contributed by atoms with Crippen LogP contribution in [0.1, 0.15) is 23.2 Å². The second-order valence-corrected chi connectivity index (χ2v) is 12.3. The number of thiazole rings is 2. The Morgan fingerprint density at radius 3 is 2.77 bits per heavy atom. The van der Waals surface area contributed by atoms with Crippen molar-refractivity contribution in [2.45, 2.75) is 44.8 Å². The van der Waals surface area contributed by atoms with Gasteiger partial charge in [-0.3, -0.25) is 14.5 Å². The number of anilines is 1. The highest BCUT2D eigenvalue weighted by Gasteiger charge is 2.53. The monoisotopic (exact) mass is 605 g/mol. The van der Waals surface area contributed by atoms with Crippen LogP contribution >= 0.6 is 34.4 Å². The zero-order valence-electron chi connectivity index (χ0n) is 21.3. The minimum absolute atomic E-state index is 0.0325. The van der Waals surface area contributed by atoms with Crippen LogP contribution in [-0.2, 0) is 30.6 Å². The first-order valence-corrected chi connectivity index (χ1v) is 14.5. The molecule has 1 saturated heterocycles. The summed E-state index contributed by atoms with van der Waals surface area (Å²) in [6.45, 7) is 5.51. The summed E-state index contributed by atoms with van der Waals surface area (Å²) >= 11 is 3.96. The SMILES string of the molecule is Cc1sc2c[n+](CC3=C(C(=O)[O-])N4C(=O)[C@@H](NC(=O)/C(=N\O[C@@H](C)C(=O)O)c5csc(N)n5)[C@H]4SC3)cn2c1C. The van der Waals surface area contributed by atoms with Crippen LogP contribution in [0, 0.1) is 13.8 Å². The number of amides is 2. The van der Waals surface area contributed by atoms with Crippen LogP contribution < -0.4 is 20.7 Å². The number of aromatic nitrogens is 3. The summed E-state index contributed by atoms with van der Waals surface area (Å²) in [7, 11) is 0. The van der Waals surface area contributed by atoms with Gasteiger partial charge in [-0.2, -0.15) is 4.40 Å². The summed E-state index contributed by atoms with van der Waals surface area (Å²) in [6, 6.07) is -1.07. The Labute approximate surface area is 238 Å². The van der Waals surface area contributed by atoms with Crippen molar-refractivity contribution in [2.75, 3.05) is 11.5 Å². The predicted molar refractivity (Wildman–Crippen MR) is 143 cm³/mol.